The second-order valence-electron chi connectivity index (χ2n) is 16.9. The molecule has 4 amide bonds. The first kappa shape index (κ1) is 37.4. The number of thiophene rings is 1. The number of hydrogen-bond acceptors (Lipinski definition) is 9. The second kappa shape index (κ2) is 13.9. The summed E-state index contributed by atoms with van der Waals surface area (Å²) >= 11 is 7.91. The van der Waals surface area contributed by atoms with Crippen LogP contribution in [-0.4, -0.2) is 67.4 Å². The quantitative estimate of drug-likeness (QED) is 0.135. The predicted octanol–water partition coefficient (Wildman–Crippen LogP) is 7.24. The summed E-state index contributed by atoms with van der Waals surface area (Å²) in [7, 11) is 1.73. The van der Waals surface area contributed by atoms with Crippen LogP contribution in [0.5, 0.6) is 0 Å². The van der Waals surface area contributed by atoms with Gasteiger partial charge in [-0.1, -0.05) is 53.6 Å². The van der Waals surface area contributed by atoms with E-state index >= 15 is 4.79 Å². The number of carbonyl (C=O) groups excluding carboxylic acids is 4. The monoisotopic (exact) mass is 817 g/mol. The standard InChI is InChI=1S/C45H44ClN5O6S/c1-24-31-19-26(46)9-14-36(31)58-40(24)34-21-37(48(3)47-34)51-42(54)33-20-32-29(39(45(33,2)44(51)56)35-13-10-28(23-52)57-35)11-12-30-38(32)43(55)50(41(30)53)27-15-17-49(18-16-27)22-25-7-5-4-6-8-25/h4-11,13-14,19,21,27,30,32-33,38-39,52H,12,15-18,20,22-23H2,1-3H3. The fourth-order valence-corrected chi connectivity index (χ4v) is 12.3. The molecule has 3 aromatic heterocycles. The second-order valence-corrected chi connectivity index (χ2v) is 18.4. The number of furan rings is 1. The number of amides is 4. The van der Waals surface area contributed by atoms with Gasteiger partial charge in [0.2, 0.25) is 23.6 Å². The third kappa shape index (κ3) is 5.55. The minimum Gasteiger partial charge on any atom is -0.463 e. The lowest BCUT2D eigenvalue weighted by atomic mass is 9.52. The Hall–Kier alpha value is -4.88. The van der Waals surface area contributed by atoms with Crippen LogP contribution in [0.3, 0.4) is 0 Å². The number of anilines is 1. The molecule has 298 valence electrons. The normalized spacial score (nSPS) is 27.7. The molecule has 0 radical (unpaired) electrons. The summed E-state index contributed by atoms with van der Waals surface area (Å²) in [6, 6.07) is 21.2. The Morgan fingerprint density at radius 3 is 2.48 bits per heavy atom. The van der Waals surface area contributed by atoms with Crippen molar-refractivity contribution in [3.8, 4) is 10.6 Å². The van der Waals surface area contributed by atoms with Crippen molar-refractivity contribution in [3.63, 3.8) is 0 Å². The Labute approximate surface area is 344 Å². The average Bonchev–Trinajstić information content (AvgIpc) is 4.02. The Bertz CT molecular complexity index is 2550. The van der Waals surface area contributed by atoms with Gasteiger partial charge < -0.3 is 9.52 Å². The number of aryl methyl sites for hydroxylation is 2. The van der Waals surface area contributed by atoms with Crippen molar-refractivity contribution < 1.29 is 28.7 Å². The zero-order chi connectivity index (χ0) is 40.2. The van der Waals surface area contributed by atoms with Gasteiger partial charge in [0.25, 0.3) is 0 Å². The smallest absolute Gasteiger partial charge is 0.242 e. The first-order chi connectivity index (χ1) is 28.0. The molecule has 6 atom stereocenters. The molecule has 2 aromatic carbocycles. The molecule has 5 aliphatic rings. The van der Waals surface area contributed by atoms with Gasteiger partial charge in [-0.2, -0.15) is 5.10 Å². The first-order valence-electron chi connectivity index (χ1n) is 20.1. The van der Waals surface area contributed by atoms with Crippen LogP contribution in [0.25, 0.3) is 20.7 Å². The van der Waals surface area contributed by atoms with Crippen molar-refractivity contribution in [3.05, 3.63) is 106 Å². The highest BCUT2D eigenvalue weighted by Crippen LogP contribution is 2.64. The van der Waals surface area contributed by atoms with E-state index in [2.05, 4.69) is 17.0 Å². The van der Waals surface area contributed by atoms with Crippen LogP contribution in [0, 0.1) is 36.0 Å². The molecule has 6 heterocycles. The van der Waals surface area contributed by atoms with Crippen LogP contribution in [-0.2, 0) is 39.4 Å². The van der Waals surface area contributed by atoms with Gasteiger partial charge in [0.1, 0.15) is 29.6 Å². The van der Waals surface area contributed by atoms with E-state index in [1.807, 2.05) is 56.3 Å². The van der Waals surface area contributed by atoms with Crippen molar-refractivity contribution >= 4 is 62.5 Å². The molecule has 58 heavy (non-hydrogen) atoms. The van der Waals surface area contributed by atoms with E-state index in [1.54, 1.807) is 46.2 Å². The van der Waals surface area contributed by atoms with Crippen LogP contribution in [0.1, 0.15) is 61.2 Å². The summed E-state index contributed by atoms with van der Waals surface area (Å²) in [5.74, 6) is -3.00. The predicted molar refractivity (Wildman–Crippen MR) is 220 cm³/mol. The summed E-state index contributed by atoms with van der Waals surface area (Å²) in [5, 5.41) is 16.5. The fraction of sp³-hybridized carbons (Fsp3) is 0.400. The van der Waals surface area contributed by atoms with Gasteiger partial charge >= 0.3 is 0 Å². The Morgan fingerprint density at radius 1 is 0.966 bits per heavy atom. The third-order valence-electron chi connectivity index (χ3n) is 13.8. The molecule has 2 aliphatic carbocycles. The zero-order valence-corrected chi connectivity index (χ0v) is 34.1. The number of likely N-dealkylation sites (tertiary alicyclic amines) is 2. The van der Waals surface area contributed by atoms with Crippen molar-refractivity contribution in [2.24, 2.45) is 36.1 Å². The van der Waals surface area contributed by atoms with Crippen molar-refractivity contribution in [1.29, 1.82) is 0 Å². The number of aliphatic hydroxyl groups excluding tert-OH is 1. The molecule has 3 saturated heterocycles. The number of imide groups is 2. The molecule has 0 bridgehead atoms. The average molecular weight is 818 g/mol. The van der Waals surface area contributed by atoms with E-state index in [0.29, 0.717) is 47.3 Å². The molecule has 4 fully saturated rings. The molecule has 1 saturated carbocycles. The van der Waals surface area contributed by atoms with E-state index in [-0.39, 0.29) is 42.7 Å². The summed E-state index contributed by atoms with van der Waals surface area (Å²) in [6.07, 6.45) is 4.06. The number of carbonyl (C=O) groups is 4. The summed E-state index contributed by atoms with van der Waals surface area (Å²) in [6.45, 7) is 5.92. The maximum absolute atomic E-state index is 15.1. The van der Waals surface area contributed by atoms with Gasteiger partial charge in [-0.25, -0.2) is 4.90 Å². The van der Waals surface area contributed by atoms with E-state index in [1.165, 1.54) is 10.5 Å². The molecular formula is C45H44ClN5O6S. The highest BCUT2D eigenvalue weighted by Gasteiger charge is 2.68. The van der Waals surface area contributed by atoms with Gasteiger partial charge in [-0.05, 0) is 92.3 Å². The maximum Gasteiger partial charge on any atom is 0.242 e. The summed E-state index contributed by atoms with van der Waals surface area (Å²) in [4.78, 5) is 65.1. The van der Waals surface area contributed by atoms with Gasteiger partial charge in [0.05, 0.1) is 34.0 Å². The minimum absolute atomic E-state index is 0.131. The number of fused-ring (bicyclic) bond motifs is 5. The Morgan fingerprint density at radius 2 is 1.74 bits per heavy atom. The number of nitrogens with zero attached hydrogens (tertiary/aromatic N) is 5. The molecule has 0 spiro atoms. The van der Waals surface area contributed by atoms with Crippen LogP contribution in [0.15, 0.2) is 82.8 Å². The molecule has 13 heteroatoms. The van der Waals surface area contributed by atoms with Gasteiger partial charge in [0.15, 0.2) is 0 Å². The van der Waals surface area contributed by atoms with Crippen LogP contribution in [0.4, 0.5) is 5.82 Å². The van der Waals surface area contributed by atoms with Crippen molar-refractivity contribution in [1.82, 2.24) is 19.6 Å². The van der Waals surface area contributed by atoms with E-state index < -0.39 is 35.0 Å². The number of aliphatic hydroxyl groups is 1. The number of halogens is 1. The molecule has 11 nitrogen and oxygen atoms in total. The van der Waals surface area contributed by atoms with Gasteiger partial charge in [0, 0.05) is 48.5 Å². The van der Waals surface area contributed by atoms with E-state index in [4.69, 9.17) is 21.1 Å². The molecular weight excluding hydrogens is 774 g/mol. The minimum atomic E-state index is -1.28. The van der Waals surface area contributed by atoms with Crippen LogP contribution in [0.2, 0.25) is 5.02 Å². The largest absolute Gasteiger partial charge is 0.463 e. The lowest BCUT2D eigenvalue weighted by Crippen LogP contribution is -2.49. The molecule has 10 rings (SSSR count). The topological polar surface area (TPSA) is 129 Å². The number of benzene rings is 2. The fourth-order valence-electron chi connectivity index (χ4n) is 10.9. The lowest BCUT2D eigenvalue weighted by molar-refractivity contribution is -0.144. The molecule has 1 N–H and O–H groups in total. The SMILES string of the molecule is Cc1c(-c2cc(N3C(=O)C4CC5C(=CCC6C(=O)N(C7CCN(Cc8ccccc8)CC7)C(=O)C65)C(c5ccc(CO)o5)C4(C)C3=O)n(C)n2)sc2ccc(Cl)cc12. The zero-order valence-electron chi connectivity index (χ0n) is 32.6. The third-order valence-corrected chi connectivity index (χ3v) is 15.3. The first-order valence-corrected chi connectivity index (χ1v) is 21.3. The molecule has 5 aromatic rings. The highest BCUT2D eigenvalue weighted by atomic mass is 35.5. The number of aromatic nitrogens is 2. The van der Waals surface area contributed by atoms with Gasteiger partial charge in [-0.3, -0.25) is 33.7 Å². The van der Waals surface area contributed by atoms with E-state index in [0.717, 1.165) is 45.7 Å². The highest BCUT2D eigenvalue weighted by molar-refractivity contribution is 7.22. The Kier molecular flexibility index (Phi) is 8.94. The van der Waals surface area contributed by atoms with Gasteiger partial charge in [-0.15, -0.1) is 11.3 Å². The van der Waals surface area contributed by atoms with E-state index in [9.17, 15) is 19.5 Å². The Balaban J connectivity index is 0.979. The van der Waals surface area contributed by atoms with Crippen LogP contribution < -0.4 is 4.90 Å². The number of hydrogen-bond donors (Lipinski definition) is 1. The number of piperidine rings is 1. The maximum atomic E-state index is 15.1. The summed E-state index contributed by atoms with van der Waals surface area (Å²) in [5.41, 5.74) is 2.47. The molecule has 6 unspecified atom stereocenters. The molecule has 3 aliphatic heterocycles. The van der Waals surface area contributed by atoms with Crippen molar-refractivity contribution in [2.75, 3.05) is 18.0 Å². The number of rotatable bonds is 7. The lowest BCUT2D eigenvalue weighted by Gasteiger charge is -2.48. The van der Waals surface area contributed by atoms with Crippen molar-refractivity contribution in [2.45, 2.75) is 64.6 Å². The number of allylic oxidation sites excluding steroid dienone is 2. The van der Waals surface area contributed by atoms with Crippen LogP contribution >= 0.6 is 22.9 Å². The summed E-state index contributed by atoms with van der Waals surface area (Å²) < 4.78 is 8.86.